The van der Waals surface area contributed by atoms with Crippen molar-refractivity contribution in [1.82, 2.24) is 0 Å². The molecule has 4 heteroatoms. The van der Waals surface area contributed by atoms with Crippen LogP contribution in [0.25, 0.3) is 0 Å². The number of nitrogens with two attached hydrogens (primary N) is 1. The molecule has 0 aliphatic rings. The van der Waals surface area contributed by atoms with Crippen LogP contribution in [-0.2, 0) is 11.2 Å². The van der Waals surface area contributed by atoms with Crippen molar-refractivity contribution in [3.63, 3.8) is 0 Å². The maximum absolute atomic E-state index is 10.4. The molecular formula is C28H51NO3. The number of aromatic hydroxyl groups is 1. The number of phenols is 1. The van der Waals surface area contributed by atoms with Gasteiger partial charge >= 0.3 is 5.97 Å². The van der Waals surface area contributed by atoms with Crippen LogP contribution in [0.1, 0.15) is 129 Å². The smallest absolute Gasteiger partial charge is 0.320 e. The third-order valence-corrected chi connectivity index (χ3v) is 5.92. The van der Waals surface area contributed by atoms with E-state index in [-0.39, 0.29) is 12.2 Å². The quantitative estimate of drug-likeness (QED) is 0.187. The predicted molar refractivity (Wildman–Crippen MR) is 137 cm³/mol. The number of carbonyl (C=O) groups is 1. The van der Waals surface area contributed by atoms with E-state index in [0.29, 0.717) is 0 Å². The van der Waals surface area contributed by atoms with E-state index in [1.54, 1.807) is 12.1 Å². The largest absolute Gasteiger partial charge is 0.508 e. The average molecular weight is 450 g/mol. The summed E-state index contributed by atoms with van der Waals surface area (Å²) in [6, 6.07) is 5.42. The van der Waals surface area contributed by atoms with Crippen molar-refractivity contribution in [2.45, 2.75) is 135 Å². The first-order chi connectivity index (χ1) is 15.5. The summed E-state index contributed by atoms with van der Waals surface area (Å²) in [4.78, 5) is 10.4. The van der Waals surface area contributed by atoms with Gasteiger partial charge in [-0.2, -0.15) is 0 Å². The normalized spacial score (nSPS) is 11.6. The maximum atomic E-state index is 10.4. The van der Waals surface area contributed by atoms with Gasteiger partial charge in [0.1, 0.15) is 11.8 Å². The Labute approximate surface area is 198 Å². The second kappa shape index (κ2) is 22.6. The molecule has 0 aliphatic heterocycles. The van der Waals surface area contributed by atoms with Gasteiger partial charge in [-0.05, 0) is 24.1 Å². The van der Waals surface area contributed by atoms with E-state index >= 15 is 0 Å². The van der Waals surface area contributed by atoms with E-state index in [4.69, 9.17) is 15.9 Å². The standard InChI is InChI=1S/C19H40.C9H11NO3/c1-3-5-7-9-11-13-15-17-19-18-16-14-12-10-8-6-4-2;10-8(9(12)13)5-6-1-3-7(11)4-2-6/h3-19H2,1-2H3;1-4,8,11H,5,10H2,(H,12,13). The van der Waals surface area contributed by atoms with Crippen molar-refractivity contribution in [3.05, 3.63) is 29.8 Å². The Kier molecular flexibility index (Phi) is 21.5. The number of phenolic OH excluding ortho intramolecular Hbond substituents is 1. The van der Waals surface area contributed by atoms with Crippen molar-refractivity contribution in [3.8, 4) is 5.75 Å². The average Bonchev–Trinajstić information content (AvgIpc) is 2.78. The van der Waals surface area contributed by atoms with Gasteiger partial charge < -0.3 is 15.9 Å². The van der Waals surface area contributed by atoms with Gasteiger partial charge in [0.05, 0.1) is 0 Å². The van der Waals surface area contributed by atoms with Gasteiger partial charge in [-0.25, -0.2) is 0 Å². The zero-order valence-electron chi connectivity index (χ0n) is 21.0. The Hall–Kier alpha value is -1.55. The molecule has 0 saturated carbocycles. The first kappa shape index (κ1) is 30.4. The lowest BCUT2D eigenvalue weighted by molar-refractivity contribution is -0.138. The van der Waals surface area contributed by atoms with Crippen LogP contribution in [0, 0.1) is 0 Å². The summed E-state index contributed by atoms with van der Waals surface area (Å²) in [6.07, 6.45) is 25.2. The van der Waals surface area contributed by atoms with Crippen LogP contribution < -0.4 is 5.73 Å². The number of hydrogen-bond acceptors (Lipinski definition) is 3. The zero-order valence-corrected chi connectivity index (χ0v) is 21.0. The highest BCUT2D eigenvalue weighted by molar-refractivity contribution is 5.73. The fraction of sp³-hybridized carbons (Fsp3) is 0.750. The summed E-state index contributed by atoms with van der Waals surface area (Å²) in [6.45, 7) is 4.59. The highest BCUT2D eigenvalue weighted by Gasteiger charge is 2.11. The third kappa shape index (κ3) is 20.4. The molecule has 0 radical (unpaired) electrons. The number of aliphatic carboxylic acids is 1. The Morgan fingerprint density at radius 2 is 1.00 bits per heavy atom. The van der Waals surface area contributed by atoms with E-state index in [1.807, 2.05) is 0 Å². The molecule has 0 bridgehead atoms. The first-order valence-electron chi connectivity index (χ1n) is 13.3. The fourth-order valence-electron chi connectivity index (χ4n) is 3.77. The van der Waals surface area contributed by atoms with Gasteiger partial charge in [-0.3, -0.25) is 4.79 Å². The number of rotatable bonds is 19. The number of carboxylic acids is 1. The molecule has 0 saturated heterocycles. The van der Waals surface area contributed by atoms with Gasteiger partial charge in [-0.1, -0.05) is 135 Å². The lowest BCUT2D eigenvalue weighted by atomic mass is 10.0. The summed E-state index contributed by atoms with van der Waals surface area (Å²) in [5.74, 6) is -0.860. The van der Waals surface area contributed by atoms with Crippen molar-refractivity contribution < 1.29 is 15.0 Å². The van der Waals surface area contributed by atoms with Gasteiger partial charge in [0.15, 0.2) is 0 Å². The van der Waals surface area contributed by atoms with Gasteiger partial charge in [0.2, 0.25) is 0 Å². The fourth-order valence-corrected chi connectivity index (χ4v) is 3.77. The van der Waals surface area contributed by atoms with E-state index in [1.165, 1.54) is 121 Å². The minimum Gasteiger partial charge on any atom is -0.508 e. The minimum absolute atomic E-state index is 0.160. The molecule has 0 aliphatic carbocycles. The van der Waals surface area contributed by atoms with Gasteiger partial charge in [0.25, 0.3) is 0 Å². The lowest BCUT2D eigenvalue weighted by Crippen LogP contribution is -2.32. The number of benzene rings is 1. The van der Waals surface area contributed by atoms with Crippen LogP contribution >= 0.6 is 0 Å². The Morgan fingerprint density at radius 1 is 0.688 bits per heavy atom. The molecule has 4 N–H and O–H groups in total. The molecule has 1 atom stereocenters. The number of unbranched alkanes of at least 4 members (excludes halogenated alkanes) is 16. The lowest BCUT2D eigenvalue weighted by Gasteiger charge is -2.05. The molecule has 1 rings (SSSR count). The Balaban J connectivity index is 0.000000641. The van der Waals surface area contributed by atoms with Gasteiger partial charge in [0, 0.05) is 0 Å². The summed E-state index contributed by atoms with van der Waals surface area (Å²) in [5.41, 5.74) is 6.12. The van der Waals surface area contributed by atoms with Crippen LogP contribution in [0.5, 0.6) is 5.75 Å². The number of carboxylic acid groups (broad SMARTS) is 1. The Morgan fingerprint density at radius 3 is 1.28 bits per heavy atom. The van der Waals surface area contributed by atoms with Crippen LogP contribution in [0.2, 0.25) is 0 Å². The highest BCUT2D eigenvalue weighted by Crippen LogP contribution is 2.14. The summed E-state index contributed by atoms with van der Waals surface area (Å²) in [7, 11) is 0. The van der Waals surface area contributed by atoms with Crippen molar-refractivity contribution in [2.24, 2.45) is 5.73 Å². The van der Waals surface area contributed by atoms with Gasteiger partial charge in [-0.15, -0.1) is 0 Å². The van der Waals surface area contributed by atoms with Crippen LogP contribution in [0.15, 0.2) is 24.3 Å². The van der Waals surface area contributed by atoms with Crippen LogP contribution in [0.3, 0.4) is 0 Å². The molecule has 1 unspecified atom stereocenters. The minimum atomic E-state index is -1.02. The van der Waals surface area contributed by atoms with Crippen molar-refractivity contribution >= 4 is 5.97 Å². The summed E-state index contributed by atoms with van der Waals surface area (Å²) in [5, 5.41) is 17.5. The predicted octanol–water partition coefficient (Wildman–Crippen LogP) is 8.00. The SMILES string of the molecule is CCCCCCCCCCCCCCCCCCC.NC(Cc1ccc(O)cc1)C(=O)O. The first-order valence-corrected chi connectivity index (χ1v) is 13.3. The summed E-state index contributed by atoms with van der Waals surface area (Å²) >= 11 is 0. The second-order valence-electron chi connectivity index (χ2n) is 9.12. The van der Waals surface area contributed by atoms with Crippen molar-refractivity contribution in [1.29, 1.82) is 0 Å². The zero-order chi connectivity index (χ0) is 23.9. The monoisotopic (exact) mass is 449 g/mol. The molecule has 32 heavy (non-hydrogen) atoms. The van der Waals surface area contributed by atoms with E-state index < -0.39 is 12.0 Å². The number of hydrogen-bond donors (Lipinski definition) is 3. The molecule has 4 nitrogen and oxygen atoms in total. The molecule has 0 aromatic heterocycles. The Bertz CT molecular complexity index is 514. The molecular weight excluding hydrogens is 398 g/mol. The third-order valence-electron chi connectivity index (χ3n) is 5.92. The molecule has 0 spiro atoms. The van der Waals surface area contributed by atoms with E-state index in [9.17, 15) is 4.79 Å². The van der Waals surface area contributed by atoms with E-state index in [2.05, 4.69) is 13.8 Å². The summed E-state index contributed by atoms with van der Waals surface area (Å²) < 4.78 is 0. The van der Waals surface area contributed by atoms with Crippen LogP contribution in [0.4, 0.5) is 0 Å². The molecule has 0 amide bonds. The molecule has 186 valence electrons. The van der Waals surface area contributed by atoms with E-state index in [0.717, 1.165) is 5.56 Å². The second-order valence-corrected chi connectivity index (χ2v) is 9.12. The van der Waals surface area contributed by atoms with Crippen LogP contribution in [-0.4, -0.2) is 22.2 Å². The molecule has 1 aromatic rings. The van der Waals surface area contributed by atoms with Crippen molar-refractivity contribution in [2.75, 3.05) is 0 Å². The molecule has 1 aromatic carbocycles. The molecule has 0 fully saturated rings. The topological polar surface area (TPSA) is 83.5 Å². The maximum Gasteiger partial charge on any atom is 0.320 e. The molecule has 0 heterocycles. The highest BCUT2D eigenvalue weighted by atomic mass is 16.4.